The second kappa shape index (κ2) is 12.5. The molecule has 0 aromatic carbocycles. The van der Waals surface area contributed by atoms with Crippen LogP contribution >= 0.6 is 47.8 Å². The van der Waals surface area contributed by atoms with Crippen LogP contribution in [0.4, 0.5) is 0 Å². The topological polar surface area (TPSA) is 27.7 Å². The van der Waals surface area contributed by atoms with Crippen molar-refractivity contribution in [1.82, 2.24) is 0 Å². The van der Waals surface area contributed by atoms with Crippen LogP contribution in [0.15, 0.2) is 0 Å². The minimum absolute atomic E-state index is 0.260. The first-order valence-electron chi connectivity index (χ1n) is 3.12. The van der Waals surface area contributed by atoms with Gasteiger partial charge in [0.2, 0.25) is 0 Å². The van der Waals surface area contributed by atoms with Gasteiger partial charge in [-0.05, 0) is 0 Å². The largest absolute Gasteiger partial charge is 0.483 e. The first-order chi connectivity index (χ1) is 5.62. The number of rotatable bonds is 4. The molecule has 76 valence electrons. The van der Waals surface area contributed by atoms with Crippen molar-refractivity contribution in [2.24, 2.45) is 0 Å². The average molecular weight is 342 g/mol. The van der Waals surface area contributed by atoms with Gasteiger partial charge in [-0.15, -0.1) is 0 Å². The lowest BCUT2D eigenvalue weighted by molar-refractivity contribution is 0.163. The summed E-state index contributed by atoms with van der Waals surface area (Å²) >= 11 is 10.1. The molecule has 0 N–H and O–H groups in total. The van der Waals surface area contributed by atoms with Gasteiger partial charge in [-0.3, -0.25) is 0 Å². The third-order valence-electron chi connectivity index (χ3n) is 0.715. The molecule has 12 heavy (non-hydrogen) atoms. The van der Waals surface area contributed by atoms with Crippen molar-refractivity contribution in [1.29, 1.82) is 0 Å². The highest BCUT2D eigenvalue weighted by molar-refractivity contribution is 14.1. The van der Waals surface area contributed by atoms with Crippen molar-refractivity contribution >= 4 is 57.4 Å². The maximum atomic E-state index is 4.74. The molecule has 0 amide bonds. The van der Waals surface area contributed by atoms with Gasteiger partial charge in [-0.2, -0.15) is 25.3 Å². The van der Waals surface area contributed by atoms with Gasteiger partial charge in [0.25, 0.3) is 0 Å². The first kappa shape index (κ1) is 16.0. The Morgan fingerprint density at radius 2 is 1.42 bits per heavy atom. The molecular formula is C5H15IO3S2Si. The van der Waals surface area contributed by atoms with E-state index in [4.69, 9.17) is 13.3 Å². The molecule has 0 heterocycles. The second-order valence-corrected chi connectivity index (χ2v) is 6.16. The zero-order chi connectivity index (χ0) is 9.98. The maximum absolute atomic E-state index is 4.74. The first-order valence-corrected chi connectivity index (χ1v) is 7.10. The Bertz CT molecular complexity index is 79.6. The van der Waals surface area contributed by atoms with E-state index >= 15 is 0 Å². The van der Waals surface area contributed by atoms with Crippen molar-refractivity contribution in [2.75, 3.05) is 25.8 Å². The van der Waals surface area contributed by atoms with E-state index in [2.05, 4.69) is 47.8 Å². The highest BCUT2D eigenvalue weighted by Crippen LogP contribution is 2.02. The van der Waals surface area contributed by atoms with Gasteiger partial charge in [0.05, 0.1) is 4.58 Å². The van der Waals surface area contributed by atoms with E-state index in [-0.39, 0.29) is 4.58 Å². The van der Waals surface area contributed by atoms with E-state index < -0.39 is 9.53 Å². The molecule has 0 aliphatic rings. The average Bonchev–Trinajstić information content (AvgIpc) is 2.09. The zero-order valence-electron chi connectivity index (χ0n) is 7.36. The predicted molar refractivity (Wildman–Crippen MR) is 68.8 cm³/mol. The van der Waals surface area contributed by atoms with Gasteiger partial charge in [-0.25, -0.2) is 0 Å². The lowest BCUT2D eigenvalue weighted by Crippen LogP contribution is -2.21. The Morgan fingerprint density at radius 3 is 1.42 bits per heavy atom. The molecular weight excluding hydrogens is 327 g/mol. The molecule has 0 aliphatic heterocycles. The molecule has 0 radical (unpaired) electrons. The van der Waals surface area contributed by atoms with Crippen LogP contribution in [0, 0.1) is 0 Å². The summed E-state index contributed by atoms with van der Waals surface area (Å²) in [6.45, 7) is 0. The third-order valence-corrected chi connectivity index (χ3v) is 4.51. The fraction of sp³-hybridized carbons (Fsp3) is 1.00. The highest BCUT2D eigenvalue weighted by Gasteiger charge is 2.04. The van der Waals surface area contributed by atoms with E-state index in [0.717, 1.165) is 4.43 Å². The minimum atomic E-state index is -1.67. The molecule has 0 rings (SSSR count). The van der Waals surface area contributed by atoms with Crippen molar-refractivity contribution < 1.29 is 13.3 Å². The fourth-order valence-electron chi connectivity index (χ4n) is 0.289. The van der Waals surface area contributed by atoms with Gasteiger partial charge in [0.1, 0.15) is 0 Å². The predicted octanol–water partition coefficient (Wildman–Crippen LogP) is 1.25. The number of halogens is 1. The lowest BCUT2D eigenvalue weighted by Gasteiger charge is -2.05. The van der Waals surface area contributed by atoms with Crippen molar-refractivity contribution in [3.8, 4) is 0 Å². The molecule has 3 nitrogen and oxygen atoms in total. The molecule has 0 bridgehead atoms. The molecule has 0 spiro atoms. The van der Waals surface area contributed by atoms with E-state index in [9.17, 15) is 0 Å². The number of hydrogen-bond donors (Lipinski definition) is 2. The molecule has 0 aromatic rings. The number of alkyl halides is 1. The van der Waals surface area contributed by atoms with Crippen LogP contribution in [0.5, 0.6) is 0 Å². The van der Waals surface area contributed by atoms with Gasteiger partial charge in [0.15, 0.2) is 0 Å². The minimum Gasteiger partial charge on any atom is -0.379 e. The van der Waals surface area contributed by atoms with Crippen molar-refractivity contribution in [3.63, 3.8) is 0 Å². The normalized spacial score (nSPS) is 10.0. The summed E-state index contributed by atoms with van der Waals surface area (Å²) in [6.07, 6.45) is 0. The maximum Gasteiger partial charge on any atom is 0.483 e. The number of thiol groups is 2. The van der Waals surface area contributed by atoms with E-state index in [1.807, 2.05) is 0 Å². The van der Waals surface area contributed by atoms with Crippen LogP contribution < -0.4 is 0 Å². The molecule has 0 saturated heterocycles. The highest BCUT2D eigenvalue weighted by atomic mass is 127. The molecule has 7 heteroatoms. The Kier molecular flexibility index (Phi) is 16.7. The summed E-state index contributed by atoms with van der Waals surface area (Å²) in [6, 6.07) is 0. The lowest BCUT2D eigenvalue weighted by atomic mass is 11.0. The summed E-state index contributed by atoms with van der Waals surface area (Å²) < 4.78 is 15.5. The van der Waals surface area contributed by atoms with Crippen LogP contribution in [-0.4, -0.2) is 39.9 Å². The van der Waals surface area contributed by atoms with Crippen LogP contribution in [0.25, 0.3) is 0 Å². The summed E-state index contributed by atoms with van der Waals surface area (Å²) in [5, 5.41) is 0. The third kappa shape index (κ3) is 14.1. The Labute approximate surface area is 100 Å². The Hall–Kier alpha value is 1.53. The summed E-state index contributed by atoms with van der Waals surface area (Å²) in [5.74, 6) is 0. The van der Waals surface area contributed by atoms with Gasteiger partial charge < -0.3 is 13.3 Å². The molecule has 0 atom stereocenters. The van der Waals surface area contributed by atoms with Crippen LogP contribution in [0.3, 0.4) is 0 Å². The summed E-state index contributed by atoms with van der Waals surface area (Å²) in [5.41, 5.74) is 0. The summed E-state index contributed by atoms with van der Waals surface area (Å²) in [7, 11) is 3.05. The smallest absolute Gasteiger partial charge is 0.379 e. The van der Waals surface area contributed by atoms with Crippen LogP contribution in [0.1, 0.15) is 0 Å². The molecule has 0 aromatic heterocycles. The van der Waals surface area contributed by atoms with E-state index in [0.29, 0.717) is 0 Å². The Balaban J connectivity index is 0. The van der Waals surface area contributed by atoms with Crippen LogP contribution in [0.2, 0.25) is 0 Å². The molecule has 0 saturated carbocycles. The Morgan fingerprint density at radius 1 is 1.17 bits per heavy atom. The second-order valence-electron chi connectivity index (χ2n) is 1.63. The van der Waals surface area contributed by atoms with Crippen molar-refractivity contribution in [2.45, 2.75) is 4.58 Å². The van der Waals surface area contributed by atoms with Crippen LogP contribution in [-0.2, 0) is 13.3 Å². The molecule has 0 unspecified atom stereocenters. The molecule has 0 aliphatic carbocycles. The molecule has 0 fully saturated rings. The van der Waals surface area contributed by atoms with E-state index in [1.54, 1.807) is 21.3 Å². The zero-order valence-corrected chi connectivity index (χ0v) is 12.5. The van der Waals surface area contributed by atoms with Gasteiger partial charge >= 0.3 is 9.53 Å². The van der Waals surface area contributed by atoms with Crippen molar-refractivity contribution in [3.05, 3.63) is 0 Å². The fourth-order valence-corrected chi connectivity index (χ4v) is 0.866. The van der Waals surface area contributed by atoms with E-state index in [1.165, 1.54) is 0 Å². The SMILES string of the molecule is CO[SiH](OC)OC.SC(S)CI. The number of hydrogen-bond acceptors (Lipinski definition) is 5. The monoisotopic (exact) mass is 342 g/mol. The summed E-state index contributed by atoms with van der Waals surface area (Å²) in [4.78, 5) is 0. The standard InChI is InChI=1S/C3H10O3Si.C2H5IS2/c1-4-7(5-2)6-3;3-1-2(4)5/h7H,1-3H3;2,4-5H,1H2. The van der Waals surface area contributed by atoms with Gasteiger partial charge in [0, 0.05) is 25.8 Å². The quantitative estimate of drug-likeness (QED) is 0.265. The van der Waals surface area contributed by atoms with Gasteiger partial charge in [-0.1, -0.05) is 22.6 Å².